The van der Waals surface area contributed by atoms with Gasteiger partial charge in [0, 0.05) is 0 Å². The van der Waals surface area contributed by atoms with Crippen molar-refractivity contribution >= 4 is 5.97 Å². The second-order valence-corrected chi connectivity index (χ2v) is 7.24. The van der Waals surface area contributed by atoms with Gasteiger partial charge in [0.1, 0.15) is 49.3 Å². The molecule has 0 unspecified atom stereocenters. The number of carbonyl (C=O) groups is 1. The predicted octanol–water partition coefficient (Wildman–Crippen LogP) is -6.14. The molecular formula is C16H29NO13. The van der Waals surface area contributed by atoms with Gasteiger partial charge in [-0.05, 0) is 6.92 Å². The number of rotatable bonds is 8. The van der Waals surface area contributed by atoms with Crippen LogP contribution in [0.25, 0.3) is 0 Å². The highest BCUT2D eigenvalue weighted by atomic mass is 16.8. The number of carbonyl (C=O) groups excluding carboxylic acids is 1. The highest BCUT2D eigenvalue weighted by molar-refractivity contribution is 5.76. The molecule has 0 aromatic carbocycles. The largest absolute Gasteiger partial charge is 0.453 e. The van der Waals surface area contributed by atoms with E-state index in [9.17, 15) is 45.6 Å². The summed E-state index contributed by atoms with van der Waals surface area (Å²) in [7, 11) is 0. The summed E-state index contributed by atoms with van der Waals surface area (Å²) in [6, 6.07) is -1.52. The number of nitrogens with two attached hydrogens (primary N) is 1. The Hall–Kier alpha value is -1.01. The molecule has 2 saturated heterocycles. The lowest BCUT2D eigenvalue weighted by atomic mass is 9.98. The van der Waals surface area contributed by atoms with Crippen molar-refractivity contribution < 1.29 is 64.6 Å². The third-order valence-corrected chi connectivity index (χ3v) is 5.09. The van der Waals surface area contributed by atoms with Crippen molar-refractivity contribution in [2.24, 2.45) is 5.73 Å². The summed E-state index contributed by atoms with van der Waals surface area (Å²) in [6.45, 7) is -1.37. The van der Waals surface area contributed by atoms with Gasteiger partial charge in [-0.3, -0.25) is 4.79 Å². The van der Waals surface area contributed by atoms with Crippen molar-refractivity contribution in [1.82, 2.24) is 0 Å². The fraction of sp³-hybridized carbons (Fsp3) is 0.938. The molecule has 176 valence electrons. The Morgan fingerprint density at radius 3 is 2.13 bits per heavy atom. The van der Waals surface area contributed by atoms with Gasteiger partial charge in [0.2, 0.25) is 12.1 Å². The molecule has 0 bridgehead atoms. The summed E-state index contributed by atoms with van der Waals surface area (Å²) < 4.78 is 21.0. The van der Waals surface area contributed by atoms with Crippen LogP contribution in [0.15, 0.2) is 0 Å². The van der Waals surface area contributed by atoms with E-state index in [2.05, 4.69) is 0 Å². The van der Waals surface area contributed by atoms with Crippen LogP contribution in [-0.4, -0.2) is 134 Å². The molecule has 14 nitrogen and oxygen atoms in total. The smallest absolute Gasteiger partial charge is 0.326 e. The van der Waals surface area contributed by atoms with Crippen LogP contribution in [-0.2, 0) is 23.7 Å². The number of esters is 1. The number of hydrogen-bond acceptors (Lipinski definition) is 14. The number of aliphatic hydroxyl groups excluding tert-OH is 8. The van der Waals surface area contributed by atoms with Crippen LogP contribution in [0, 0.1) is 0 Å². The van der Waals surface area contributed by atoms with Gasteiger partial charge < -0.3 is 65.5 Å². The van der Waals surface area contributed by atoms with E-state index >= 15 is 0 Å². The van der Waals surface area contributed by atoms with Gasteiger partial charge in [-0.25, -0.2) is 0 Å². The zero-order valence-corrected chi connectivity index (χ0v) is 16.1. The quantitative estimate of drug-likeness (QED) is 0.159. The molecule has 0 aliphatic carbocycles. The zero-order valence-electron chi connectivity index (χ0n) is 16.1. The maximum Gasteiger partial charge on any atom is 0.326 e. The van der Waals surface area contributed by atoms with Crippen molar-refractivity contribution in [1.29, 1.82) is 0 Å². The third kappa shape index (κ3) is 4.74. The third-order valence-electron chi connectivity index (χ3n) is 5.09. The minimum atomic E-state index is -2.36. The van der Waals surface area contributed by atoms with Crippen LogP contribution in [0.3, 0.4) is 0 Å². The van der Waals surface area contributed by atoms with Crippen LogP contribution in [0.4, 0.5) is 0 Å². The highest BCUT2D eigenvalue weighted by Gasteiger charge is 2.59. The molecular weight excluding hydrogens is 414 g/mol. The predicted molar refractivity (Wildman–Crippen MR) is 92.2 cm³/mol. The van der Waals surface area contributed by atoms with E-state index in [0.29, 0.717) is 0 Å². The molecule has 0 saturated carbocycles. The molecule has 0 spiro atoms. The van der Waals surface area contributed by atoms with Gasteiger partial charge >= 0.3 is 5.97 Å². The Bertz CT molecular complexity index is 579. The second-order valence-electron chi connectivity index (χ2n) is 7.24. The molecule has 2 aliphatic heterocycles. The Kier molecular flexibility index (Phi) is 8.48. The van der Waals surface area contributed by atoms with Gasteiger partial charge in [0.05, 0.1) is 19.3 Å². The van der Waals surface area contributed by atoms with Crippen molar-refractivity contribution in [3.05, 3.63) is 0 Å². The van der Waals surface area contributed by atoms with E-state index in [0.717, 1.165) is 0 Å². The second kappa shape index (κ2) is 10.1. The van der Waals surface area contributed by atoms with E-state index in [-0.39, 0.29) is 0 Å². The monoisotopic (exact) mass is 443 g/mol. The van der Waals surface area contributed by atoms with Crippen LogP contribution in [0.1, 0.15) is 6.92 Å². The fourth-order valence-electron chi connectivity index (χ4n) is 3.15. The summed E-state index contributed by atoms with van der Waals surface area (Å²) >= 11 is 0. The summed E-state index contributed by atoms with van der Waals surface area (Å²) in [5, 5.41) is 78.5. The topological polar surface area (TPSA) is 242 Å². The molecule has 2 fully saturated rings. The first-order chi connectivity index (χ1) is 14.0. The van der Waals surface area contributed by atoms with Crippen LogP contribution in [0.2, 0.25) is 0 Å². The molecule has 2 heterocycles. The minimum absolute atomic E-state index is 0.739. The molecule has 0 aromatic heterocycles. The summed E-state index contributed by atoms with van der Waals surface area (Å²) in [5.74, 6) is -3.56. The molecule has 2 aliphatic rings. The van der Waals surface area contributed by atoms with Crippen LogP contribution in [0.5, 0.6) is 0 Å². The average molecular weight is 443 g/mol. The number of aliphatic hydroxyl groups is 8. The van der Waals surface area contributed by atoms with Gasteiger partial charge in [-0.1, -0.05) is 0 Å². The average Bonchev–Trinajstić information content (AvgIpc) is 2.97. The molecule has 2 rings (SSSR count). The Morgan fingerprint density at radius 2 is 1.67 bits per heavy atom. The molecule has 0 radical (unpaired) electrons. The van der Waals surface area contributed by atoms with Gasteiger partial charge in [0.25, 0.3) is 0 Å². The number of hydrogen-bond donors (Lipinski definition) is 9. The van der Waals surface area contributed by atoms with Crippen LogP contribution < -0.4 is 5.73 Å². The van der Waals surface area contributed by atoms with Gasteiger partial charge in [-0.2, -0.15) is 0 Å². The van der Waals surface area contributed by atoms with Crippen molar-refractivity contribution in [2.75, 3.05) is 19.8 Å². The molecule has 11 atom stereocenters. The first kappa shape index (κ1) is 25.3. The standard InChI is InChI=1S/C16H29NO13/c1-5(21)8(17)14(26)28-12-11(24)9(22)6(2-18)27-15(12)30-16(4-20)13(25)10(23)7(3-19)29-16/h5-13,15,18-25H,2-4,17H2,1H3/t5-,6-,7-,8+,9-,10-,11+,12-,13+,15-,16+/m1/s1. The van der Waals surface area contributed by atoms with E-state index in [1.807, 2.05) is 0 Å². The van der Waals surface area contributed by atoms with Gasteiger partial charge in [0.15, 0.2) is 6.10 Å². The Labute approximate surface area is 171 Å². The SMILES string of the molecule is C[C@@H](O)[C@H](N)C(=O)O[C@H]1[C@@H](O[C@]2(CO)O[C@H](CO)[C@@H](O)[C@@H]2O)O[C@H](CO)[C@@H](O)[C@@H]1O. The normalized spacial score (nSPS) is 43.9. The highest BCUT2D eigenvalue weighted by Crippen LogP contribution is 2.36. The maximum atomic E-state index is 12.1. The molecule has 0 aromatic rings. The first-order valence-electron chi connectivity index (χ1n) is 9.23. The Balaban J connectivity index is 2.30. The van der Waals surface area contributed by atoms with Crippen molar-refractivity contribution in [3.63, 3.8) is 0 Å². The van der Waals surface area contributed by atoms with E-state index in [1.165, 1.54) is 6.92 Å². The summed E-state index contributed by atoms with van der Waals surface area (Å²) in [4.78, 5) is 12.1. The van der Waals surface area contributed by atoms with Crippen molar-refractivity contribution in [2.45, 2.75) is 73.9 Å². The fourth-order valence-corrected chi connectivity index (χ4v) is 3.15. The lowest BCUT2D eigenvalue weighted by Crippen LogP contribution is -2.64. The molecule has 10 N–H and O–H groups in total. The first-order valence-corrected chi connectivity index (χ1v) is 9.23. The van der Waals surface area contributed by atoms with Crippen LogP contribution >= 0.6 is 0 Å². The number of ether oxygens (including phenoxy) is 4. The van der Waals surface area contributed by atoms with E-state index < -0.39 is 92.7 Å². The lowest BCUT2D eigenvalue weighted by molar-refractivity contribution is -0.384. The van der Waals surface area contributed by atoms with Crippen molar-refractivity contribution in [3.8, 4) is 0 Å². The van der Waals surface area contributed by atoms with E-state index in [1.54, 1.807) is 0 Å². The Morgan fingerprint density at radius 1 is 1.07 bits per heavy atom. The van der Waals surface area contributed by atoms with Gasteiger partial charge in [-0.15, -0.1) is 0 Å². The van der Waals surface area contributed by atoms with E-state index in [4.69, 9.17) is 24.7 Å². The zero-order chi connectivity index (χ0) is 22.8. The molecule has 30 heavy (non-hydrogen) atoms. The summed E-state index contributed by atoms with van der Waals surface area (Å²) in [5.41, 5.74) is 5.49. The lowest BCUT2D eigenvalue weighted by Gasteiger charge is -2.44. The minimum Gasteiger partial charge on any atom is -0.453 e. The summed E-state index contributed by atoms with van der Waals surface area (Å²) in [6.07, 6.45) is -14.9. The molecule has 0 amide bonds. The molecule has 14 heteroatoms. The maximum absolute atomic E-state index is 12.1.